The monoisotopic (exact) mass is 421 g/mol. The van der Waals surface area contributed by atoms with Crippen molar-refractivity contribution in [2.75, 3.05) is 26.2 Å². The van der Waals surface area contributed by atoms with Crippen molar-refractivity contribution in [3.63, 3.8) is 0 Å². The maximum atomic E-state index is 13.4. The summed E-state index contributed by atoms with van der Waals surface area (Å²) in [6.45, 7) is 6.15. The van der Waals surface area contributed by atoms with Crippen molar-refractivity contribution in [1.82, 2.24) is 14.8 Å². The molecule has 3 aromatic rings. The summed E-state index contributed by atoms with van der Waals surface area (Å²) in [5, 5.41) is 1.09. The van der Waals surface area contributed by atoms with Gasteiger partial charge < -0.3 is 14.8 Å². The zero-order chi connectivity index (χ0) is 22.0. The second-order valence-corrected chi connectivity index (χ2v) is 8.39. The van der Waals surface area contributed by atoms with Gasteiger partial charge in [-0.3, -0.25) is 9.59 Å². The molecule has 1 fully saturated rings. The van der Waals surface area contributed by atoms with Gasteiger partial charge in [0.05, 0.1) is 0 Å². The molecule has 162 valence electrons. The van der Waals surface area contributed by atoms with Gasteiger partial charge in [-0.15, -0.1) is 0 Å². The van der Waals surface area contributed by atoms with E-state index in [4.69, 9.17) is 0 Å². The molecule has 0 aliphatic carbocycles. The highest BCUT2D eigenvalue weighted by molar-refractivity contribution is 5.91. The van der Waals surface area contributed by atoms with Gasteiger partial charge >= 0.3 is 0 Å². The zero-order valence-corrected chi connectivity index (χ0v) is 18.0. The van der Waals surface area contributed by atoms with Crippen LogP contribution < -0.4 is 0 Å². The number of H-pyrrole nitrogens is 1. The predicted molar refractivity (Wildman–Crippen MR) is 120 cm³/mol. The third kappa shape index (κ3) is 4.48. The van der Waals surface area contributed by atoms with Crippen LogP contribution in [0.25, 0.3) is 22.2 Å². The number of nitrogens with one attached hydrogen (secondary N) is 1. The molecule has 1 aromatic heterocycles. The third-order valence-corrected chi connectivity index (χ3v) is 5.97. The molecule has 2 amide bonds. The number of aromatic amines is 1. The molecule has 0 unspecified atom stereocenters. The van der Waals surface area contributed by atoms with E-state index in [-0.39, 0.29) is 23.5 Å². The lowest BCUT2D eigenvalue weighted by Crippen LogP contribution is -2.51. The van der Waals surface area contributed by atoms with E-state index in [0.717, 1.165) is 27.7 Å². The van der Waals surface area contributed by atoms with Crippen LogP contribution in [0.5, 0.6) is 0 Å². The number of benzene rings is 2. The normalized spacial score (nSPS) is 14.5. The molecule has 1 aliphatic rings. The number of nitrogens with zero attached hydrogens (tertiary/aromatic N) is 2. The fourth-order valence-corrected chi connectivity index (χ4v) is 4.25. The minimum Gasteiger partial charge on any atom is -0.354 e. The van der Waals surface area contributed by atoms with Gasteiger partial charge in [0, 0.05) is 55.1 Å². The average Bonchev–Trinajstić information content (AvgIpc) is 3.16. The van der Waals surface area contributed by atoms with Crippen LogP contribution in [0.2, 0.25) is 0 Å². The number of hydrogen-bond acceptors (Lipinski definition) is 2. The van der Waals surface area contributed by atoms with Crippen molar-refractivity contribution in [3.05, 3.63) is 59.9 Å². The van der Waals surface area contributed by atoms with E-state index in [2.05, 4.69) is 11.1 Å². The van der Waals surface area contributed by atoms with Crippen LogP contribution in [0.1, 0.15) is 25.8 Å². The summed E-state index contributed by atoms with van der Waals surface area (Å²) in [5.41, 5.74) is 3.91. The third-order valence-electron chi connectivity index (χ3n) is 5.97. The molecule has 5 nitrogen and oxygen atoms in total. The Hall–Kier alpha value is -3.15. The van der Waals surface area contributed by atoms with Crippen LogP contribution in [-0.2, 0) is 16.0 Å². The van der Waals surface area contributed by atoms with E-state index in [9.17, 15) is 14.0 Å². The second-order valence-electron chi connectivity index (χ2n) is 8.39. The Balaban J connectivity index is 1.48. The highest BCUT2D eigenvalue weighted by atomic mass is 19.1. The Morgan fingerprint density at radius 3 is 2.29 bits per heavy atom. The summed E-state index contributed by atoms with van der Waals surface area (Å²) in [4.78, 5) is 32.2. The number of halogens is 1. The smallest absolute Gasteiger partial charge is 0.225 e. The number of aromatic nitrogens is 1. The molecule has 2 heterocycles. The summed E-state index contributed by atoms with van der Waals surface area (Å²) in [7, 11) is 0. The molecule has 0 spiro atoms. The van der Waals surface area contributed by atoms with E-state index in [1.165, 1.54) is 12.1 Å². The first kappa shape index (κ1) is 21.1. The molecular formula is C25H28FN3O2. The predicted octanol–water partition coefficient (Wildman–Crippen LogP) is 4.23. The van der Waals surface area contributed by atoms with Crippen LogP contribution in [0.4, 0.5) is 4.39 Å². The summed E-state index contributed by atoms with van der Waals surface area (Å²) in [6.07, 6.45) is 0.995. The van der Waals surface area contributed by atoms with E-state index < -0.39 is 0 Å². The lowest BCUT2D eigenvalue weighted by atomic mass is 10.0. The van der Waals surface area contributed by atoms with E-state index in [0.29, 0.717) is 39.0 Å². The van der Waals surface area contributed by atoms with Crippen molar-refractivity contribution >= 4 is 22.7 Å². The standard InChI is InChI=1S/C25H28FN3O2/c1-17(2)25(31)29-15-13-28(14-16-29)23(30)12-11-21-20-5-3-4-6-22(20)27-24(21)18-7-9-19(26)10-8-18/h3-10,17,27H,11-16H2,1-2H3. The van der Waals surface area contributed by atoms with Crippen molar-refractivity contribution in [2.24, 2.45) is 5.92 Å². The highest BCUT2D eigenvalue weighted by Crippen LogP contribution is 2.31. The molecule has 0 saturated carbocycles. The number of aryl methyl sites for hydroxylation is 1. The van der Waals surface area contributed by atoms with Crippen LogP contribution in [0.15, 0.2) is 48.5 Å². The fraction of sp³-hybridized carbons (Fsp3) is 0.360. The first-order chi connectivity index (χ1) is 14.9. The van der Waals surface area contributed by atoms with Gasteiger partial charge in [0.15, 0.2) is 0 Å². The Bertz CT molecular complexity index is 1080. The highest BCUT2D eigenvalue weighted by Gasteiger charge is 2.25. The van der Waals surface area contributed by atoms with Crippen LogP contribution in [0.3, 0.4) is 0 Å². The Labute approximate surface area is 181 Å². The summed E-state index contributed by atoms with van der Waals surface area (Å²) < 4.78 is 13.4. The van der Waals surface area contributed by atoms with Crippen molar-refractivity contribution in [2.45, 2.75) is 26.7 Å². The van der Waals surface area contributed by atoms with Crippen molar-refractivity contribution in [1.29, 1.82) is 0 Å². The summed E-state index contributed by atoms with van der Waals surface area (Å²) in [6, 6.07) is 14.4. The number of carbonyl (C=O) groups excluding carboxylic acids is 2. The Morgan fingerprint density at radius 1 is 0.968 bits per heavy atom. The summed E-state index contributed by atoms with van der Waals surface area (Å²) >= 11 is 0. The van der Waals surface area contributed by atoms with Gasteiger partial charge in [-0.25, -0.2) is 4.39 Å². The minimum absolute atomic E-state index is 0.0194. The Morgan fingerprint density at radius 2 is 1.61 bits per heavy atom. The first-order valence-corrected chi connectivity index (χ1v) is 10.9. The number of hydrogen-bond donors (Lipinski definition) is 1. The van der Waals surface area contributed by atoms with Gasteiger partial charge in [0.1, 0.15) is 5.82 Å². The molecule has 31 heavy (non-hydrogen) atoms. The topological polar surface area (TPSA) is 56.4 Å². The molecular weight excluding hydrogens is 393 g/mol. The molecule has 6 heteroatoms. The number of para-hydroxylation sites is 1. The average molecular weight is 422 g/mol. The summed E-state index contributed by atoms with van der Waals surface area (Å²) in [5.74, 6) is -0.0394. The lowest BCUT2D eigenvalue weighted by Gasteiger charge is -2.35. The maximum absolute atomic E-state index is 13.4. The molecule has 1 N–H and O–H groups in total. The zero-order valence-electron chi connectivity index (χ0n) is 18.0. The SMILES string of the molecule is CC(C)C(=O)N1CCN(C(=O)CCc2c(-c3ccc(F)cc3)[nH]c3ccccc23)CC1. The van der Waals surface area contributed by atoms with Gasteiger partial charge in [-0.2, -0.15) is 0 Å². The number of carbonyl (C=O) groups is 2. The molecule has 1 saturated heterocycles. The Kier molecular flexibility index (Phi) is 6.07. The molecule has 1 aliphatic heterocycles. The number of fused-ring (bicyclic) bond motifs is 1. The van der Waals surface area contributed by atoms with E-state index in [1.54, 1.807) is 12.1 Å². The van der Waals surface area contributed by atoms with Crippen molar-refractivity contribution in [3.8, 4) is 11.3 Å². The second kappa shape index (κ2) is 8.92. The van der Waals surface area contributed by atoms with Gasteiger partial charge in [-0.1, -0.05) is 32.0 Å². The molecule has 0 bridgehead atoms. The molecule has 4 rings (SSSR count). The van der Waals surface area contributed by atoms with Gasteiger partial charge in [-0.05, 0) is 47.9 Å². The molecule has 0 radical (unpaired) electrons. The van der Waals surface area contributed by atoms with E-state index in [1.807, 2.05) is 41.8 Å². The number of piperazine rings is 1. The van der Waals surface area contributed by atoms with Gasteiger partial charge in [0.2, 0.25) is 11.8 Å². The quantitative estimate of drug-likeness (QED) is 0.670. The molecule has 2 aromatic carbocycles. The fourth-order valence-electron chi connectivity index (χ4n) is 4.25. The van der Waals surface area contributed by atoms with Crippen LogP contribution >= 0.6 is 0 Å². The number of rotatable bonds is 5. The van der Waals surface area contributed by atoms with Crippen molar-refractivity contribution < 1.29 is 14.0 Å². The van der Waals surface area contributed by atoms with Crippen LogP contribution in [0, 0.1) is 11.7 Å². The van der Waals surface area contributed by atoms with Crippen LogP contribution in [-0.4, -0.2) is 52.8 Å². The number of amides is 2. The molecule has 0 atom stereocenters. The largest absolute Gasteiger partial charge is 0.354 e. The first-order valence-electron chi connectivity index (χ1n) is 10.9. The minimum atomic E-state index is -0.272. The van der Waals surface area contributed by atoms with E-state index >= 15 is 0 Å². The maximum Gasteiger partial charge on any atom is 0.225 e. The lowest BCUT2D eigenvalue weighted by molar-refractivity contribution is -0.141. The van der Waals surface area contributed by atoms with Gasteiger partial charge in [0.25, 0.3) is 0 Å².